The van der Waals surface area contributed by atoms with E-state index in [0.29, 0.717) is 5.92 Å². The summed E-state index contributed by atoms with van der Waals surface area (Å²) in [6.07, 6.45) is 3.25. The van der Waals surface area contributed by atoms with Gasteiger partial charge in [0.15, 0.2) is 0 Å². The van der Waals surface area contributed by atoms with Crippen LogP contribution >= 0.6 is 23.1 Å². The Morgan fingerprint density at radius 1 is 1.25 bits per heavy atom. The van der Waals surface area contributed by atoms with Crippen LogP contribution in [0.5, 0.6) is 0 Å². The van der Waals surface area contributed by atoms with Crippen LogP contribution in [0.25, 0.3) is 5.57 Å². The van der Waals surface area contributed by atoms with E-state index in [1.54, 1.807) is 0 Å². The second-order valence-corrected chi connectivity index (χ2v) is 8.70. The Bertz CT molecular complexity index is 844. The van der Waals surface area contributed by atoms with Crippen LogP contribution in [0.1, 0.15) is 35.8 Å². The Balaban J connectivity index is 1.79. The molecule has 1 aliphatic carbocycles. The molecule has 1 atom stereocenters. The summed E-state index contributed by atoms with van der Waals surface area (Å²) in [6, 6.07) is 13.1. The number of fused-ring (bicyclic) bond motifs is 1. The highest BCUT2D eigenvalue weighted by molar-refractivity contribution is 8.01. The molecule has 24 heavy (non-hydrogen) atoms. The molecule has 1 aromatic carbocycles. The van der Waals surface area contributed by atoms with Gasteiger partial charge in [0.2, 0.25) is 0 Å². The van der Waals surface area contributed by atoms with Gasteiger partial charge in [0, 0.05) is 28.5 Å². The average Bonchev–Trinajstić information content (AvgIpc) is 3.16. The molecule has 0 saturated carbocycles. The van der Waals surface area contributed by atoms with Gasteiger partial charge in [-0.15, -0.1) is 28.8 Å². The first-order valence-electron chi connectivity index (χ1n) is 8.14. The van der Waals surface area contributed by atoms with Crippen LogP contribution in [0, 0.1) is 0 Å². The van der Waals surface area contributed by atoms with Crippen molar-refractivity contribution in [3.05, 3.63) is 88.5 Å². The van der Waals surface area contributed by atoms with Gasteiger partial charge in [0.25, 0.3) is 0 Å². The van der Waals surface area contributed by atoms with Gasteiger partial charge in [-0.25, -0.2) is 0 Å². The van der Waals surface area contributed by atoms with Gasteiger partial charge < -0.3 is 0 Å². The number of allylic oxidation sites excluding steroid dienone is 3. The van der Waals surface area contributed by atoms with Crippen molar-refractivity contribution < 1.29 is 0 Å². The Hall–Kier alpha value is -1.73. The van der Waals surface area contributed by atoms with Crippen molar-refractivity contribution in [2.24, 2.45) is 0 Å². The fourth-order valence-corrected chi connectivity index (χ4v) is 5.02. The van der Waals surface area contributed by atoms with E-state index in [1.807, 2.05) is 23.1 Å². The fraction of sp³-hybridized carbons (Fsp3) is 0.227. The molecular weight excluding hydrogens is 328 g/mol. The van der Waals surface area contributed by atoms with Crippen molar-refractivity contribution in [3.8, 4) is 0 Å². The number of hydrogen-bond donors (Lipinski definition) is 0. The summed E-state index contributed by atoms with van der Waals surface area (Å²) in [5.41, 5.74) is 9.66. The average molecular weight is 351 g/mol. The molecule has 0 bridgehead atoms. The molecule has 0 saturated heterocycles. The van der Waals surface area contributed by atoms with E-state index in [2.05, 4.69) is 75.2 Å². The largest absolute Gasteiger partial charge is 0.134 e. The normalized spacial score (nSPS) is 15.6. The van der Waals surface area contributed by atoms with Gasteiger partial charge in [-0.1, -0.05) is 56.0 Å². The lowest BCUT2D eigenvalue weighted by Gasteiger charge is -2.08. The molecule has 3 rings (SSSR count). The van der Waals surface area contributed by atoms with Crippen LogP contribution in [0.4, 0.5) is 0 Å². The van der Waals surface area contributed by atoms with E-state index in [1.165, 1.54) is 36.9 Å². The van der Waals surface area contributed by atoms with E-state index < -0.39 is 0 Å². The van der Waals surface area contributed by atoms with Crippen LogP contribution in [0.2, 0.25) is 0 Å². The first-order valence-corrected chi connectivity index (χ1v) is 9.95. The zero-order valence-electron chi connectivity index (χ0n) is 14.3. The van der Waals surface area contributed by atoms with Crippen LogP contribution in [-0.2, 0) is 6.42 Å². The summed E-state index contributed by atoms with van der Waals surface area (Å²) in [4.78, 5) is 1.36. The Labute approximate surface area is 153 Å². The second-order valence-electron chi connectivity index (χ2n) is 6.25. The molecule has 0 spiro atoms. The van der Waals surface area contributed by atoms with E-state index in [4.69, 9.17) is 0 Å². The molecule has 1 aliphatic rings. The summed E-state index contributed by atoms with van der Waals surface area (Å²) >= 11 is 3.73. The Morgan fingerprint density at radius 3 is 2.79 bits per heavy atom. The summed E-state index contributed by atoms with van der Waals surface area (Å²) in [7, 11) is 0. The van der Waals surface area contributed by atoms with Crippen LogP contribution in [-0.4, -0.2) is 5.75 Å². The topological polar surface area (TPSA) is 0 Å². The molecule has 1 heterocycles. The number of rotatable bonds is 6. The van der Waals surface area contributed by atoms with Gasteiger partial charge in [-0.05, 0) is 35.8 Å². The third kappa shape index (κ3) is 3.67. The van der Waals surface area contributed by atoms with Gasteiger partial charge in [0.1, 0.15) is 0 Å². The minimum atomic E-state index is 0.463. The Kier molecular flexibility index (Phi) is 5.30. The Morgan fingerprint density at radius 2 is 2.04 bits per heavy atom. The molecule has 1 aromatic heterocycles. The first-order chi connectivity index (χ1) is 11.6. The van der Waals surface area contributed by atoms with Crippen molar-refractivity contribution in [2.75, 3.05) is 5.75 Å². The maximum absolute atomic E-state index is 3.97. The predicted octanol–water partition coefficient (Wildman–Crippen LogP) is 6.87. The molecule has 0 fully saturated rings. The maximum atomic E-state index is 3.97. The number of thioether (sulfide) groups is 1. The van der Waals surface area contributed by atoms with Crippen molar-refractivity contribution in [1.82, 2.24) is 0 Å². The lowest BCUT2D eigenvalue weighted by molar-refractivity contribution is 0.990. The van der Waals surface area contributed by atoms with Crippen molar-refractivity contribution in [2.45, 2.75) is 30.4 Å². The van der Waals surface area contributed by atoms with Crippen LogP contribution < -0.4 is 0 Å². The van der Waals surface area contributed by atoms with Crippen LogP contribution in [0.3, 0.4) is 0 Å². The predicted molar refractivity (Wildman–Crippen MR) is 109 cm³/mol. The fourth-order valence-electron chi connectivity index (χ4n) is 2.98. The monoisotopic (exact) mass is 350 g/mol. The second kappa shape index (κ2) is 7.44. The number of thiophene rings is 1. The summed E-state index contributed by atoms with van der Waals surface area (Å²) < 4.78 is 1.35. The highest BCUT2D eigenvalue weighted by atomic mass is 32.2. The lowest BCUT2D eigenvalue weighted by atomic mass is 9.97. The van der Waals surface area contributed by atoms with Crippen molar-refractivity contribution in [1.29, 1.82) is 0 Å². The number of benzene rings is 1. The highest BCUT2D eigenvalue weighted by Gasteiger charge is 2.22. The van der Waals surface area contributed by atoms with E-state index >= 15 is 0 Å². The summed E-state index contributed by atoms with van der Waals surface area (Å²) in [6.45, 7) is 12.3. The van der Waals surface area contributed by atoms with Crippen LogP contribution in [0.15, 0.2) is 76.7 Å². The lowest BCUT2D eigenvalue weighted by Crippen LogP contribution is -1.91. The van der Waals surface area contributed by atoms with Gasteiger partial charge in [-0.3, -0.25) is 0 Å². The standard InChI is InChI=1S/C22H22S2/c1-5-17(13-18-10-11-22(24-18)23-14-15(2)3)21-12-16(4)19-8-6-7-9-20(19)21/h6-12,16H,1-2,13-14H2,3-4H3. The van der Waals surface area contributed by atoms with Crippen molar-refractivity contribution >= 4 is 28.7 Å². The zero-order valence-corrected chi connectivity index (χ0v) is 15.9. The smallest absolute Gasteiger partial charge is 0.0604 e. The number of hydrogen-bond acceptors (Lipinski definition) is 2. The SMILES string of the molecule is C=C=C(Cc1ccc(SCC(=C)C)s1)C1=CC(C)c2ccccc21. The molecule has 0 radical (unpaired) electrons. The highest BCUT2D eigenvalue weighted by Crippen LogP contribution is 2.40. The molecule has 0 aliphatic heterocycles. The van der Waals surface area contributed by atoms with Gasteiger partial charge in [0.05, 0.1) is 4.21 Å². The quantitative estimate of drug-likeness (QED) is 0.311. The zero-order chi connectivity index (χ0) is 17.1. The minimum Gasteiger partial charge on any atom is -0.134 e. The maximum Gasteiger partial charge on any atom is 0.0604 e. The van der Waals surface area contributed by atoms with E-state index in [9.17, 15) is 0 Å². The summed E-state index contributed by atoms with van der Waals surface area (Å²) in [5.74, 6) is 1.45. The van der Waals surface area contributed by atoms with E-state index in [-0.39, 0.29) is 0 Å². The van der Waals surface area contributed by atoms with E-state index in [0.717, 1.165) is 12.2 Å². The van der Waals surface area contributed by atoms with Gasteiger partial charge in [-0.2, -0.15) is 0 Å². The molecule has 122 valence electrons. The third-order valence-electron chi connectivity index (χ3n) is 4.15. The van der Waals surface area contributed by atoms with Crippen molar-refractivity contribution in [3.63, 3.8) is 0 Å². The van der Waals surface area contributed by atoms with Gasteiger partial charge >= 0.3 is 0 Å². The summed E-state index contributed by atoms with van der Waals surface area (Å²) in [5, 5.41) is 0. The first kappa shape index (κ1) is 17.1. The molecule has 1 unspecified atom stereocenters. The molecule has 0 N–H and O–H groups in total. The molecule has 2 aromatic rings. The minimum absolute atomic E-state index is 0.463. The molecular formula is C22H22S2. The third-order valence-corrected chi connectivity index (χ3v) is 6.69. The molecule has 2 heteroatoms. The molecule has 0 nitrogen and oxygen atoms in total. The molecule has 0 amide bonds.